The van der Waals surface area contributed by atoms with Crippen molar-refractivity contribution < 1.29 is 22.7 Å². The van der Waals surface area contributed by atoms with E-state index in [0.29, 0.717) is 33.5 Å². The monoisotopic (exact) mass is 787 g/mol. The lowest BCUT2D eigenvalue weighted by molar-refractivity contribution is -0.571. The first-order valence-corrected chi connectivity index (χ1v) is 19.4. The van der Waals surface area contributed by atoms with Crippen LogP contribution in [0, 0.1) is 6.33 Å². The Morgan fingerprint density at radius 2 is 1.28 bits per heavy atom. The first-order valence-electron chi connectivity index (χ1n) is 24.4. The highest BCUT2D eigenvalue weighted by Crippen LogP contribution is 2.36. The number of fused-ring (bicyclic) bond motifs is 5. The van der Waals surface area contributed by atoms with Crippen LogP contribution < -0.4 is 10.3 Å². The third-order valence-corrected chi connectivity index (χ3v) is 10.9. The van der Waals surface area contributed by atoms with Gasteiger partial charge >= 0.3 is 5.76 Å². The maximum atomic E-state index is 14.0. The molecule has 0 amide bonds. The van der Waals surface area contributed by atoms with Gasteiger partial charge in [-0.15, -0.1) is 0 Å². The van der Waals surface area contributed by atoms with E-state index in [1.54, 1.807) is 57.7 Å². The number of oxazole rings is 1. The molecule has 4 heterocycles. The van der Waals surface area contributed by atoms with Crippen LogP contribution in [0.5, 0.6) is 0 Å². The third-order valence-electron chi connectivity index (χ3n) is 10.9. The zero-order chi connectivity index (χ0) is 49.2. The Balaban J connectivity index is 1.15. The average Bonchev–Trinajstić information content (AvgIpc) is 4.02. The number of hydrogen-bond donors (Lipinski definition) is 0. The molecule has 7 nitrogen and oxygen atoms in total. The predicted octanol–water partition coefficient (Wildman–Crippen LogP) is 11.7. The van der Waals surface area contributed by atoms with E-state index >= 15 is 0 Å². The van der Waals surface area contributed by atoms with Crippen molar-refractivity contribution in [2.24, 2.45) is 0 Å². The molecule has 0 fully saturated rings. The number of para-hydroxylation sites is 4. The van der Waals surface area contributed by atoms with Gasteiger partial charge < -0.3 is 4.42 Å². The molecule has 0 unspecified atom stereocenters. The van der Waals surface area contributed by atoms with Gasteiger partial charge in [-0.1, -0.05) is 148 Å². The van der Waals surface area contributed by atoms with Gasteiger partial charge in [-0.05, 0) is 81.8 Å². The van der Waals surface area contributed by atoms with Gasteiger partial charge in [-0.2, -0.15) is 0 Å². The second kappa shape index (κ2) is 13.7. The lowest BCUT2D eigenvalue weighted by Crippen LogP contribution is -2.31. The maximum Gasteiger partial charge on any atom is 0.424 e. The minimum absolute atomic E-state index is 0.123. The zero-order valence-corrected chi connectivity index (χ0v) is 32.6. The van der Waals surface area contributed by atoms with Gasteiger partial charge in [0, 0.05) is 17.0 Å². The van der Waals surface area contributed by atoms with Crippen LogP contribution in [0.25, 0.3) is 89.1 Å². The summed E-state index contributed by atoms with van der Waals surface area (Å²) >= 11 is 0. The Hall–Kier alpha value is -7.77. The normalized spacial score (nSPS) is 14.3. The topological polar surface area (TPSA) is 61.8 Å². The van der Waals surface area contributed by atoms with Crippen LogP contribution in [0.4, 0.5) is 0 Å². The van der Waals surface area contributed by atoms with Crippen LogP contribution in [-0.2, 0) is 5.41 Å². The SMILES string of the molecule is [2H]c1c([2H])c([2H])c(-c2cccc(-c3c([2H])c([2H])c([2H])c([2H])c3[2H])c2-[n+]2[c-]n(-c3ccc4oc(=O)n(-c5ccc6c7ccccc7n(-c7cc(C(C)(C)C)ccn7)c6c5)c4c3)c3ccccc32)c([2H])c1[2H]. The van der Waals surface area contributed by atoms with Gasteiger partial charge in [-0.25, -0.2) is 14.3 Å². The summed E-state index contributed by atoms with van der Waals surface area (Å²) in [7, 11) is 0. The molecule has 0 bridgehead atoms. The molecule has 0 atom stereocenters. The van der Waals surface area contributed by atoms with Gasteiger partial charge in [0.15, 0.2) is 5.58 Å². The second-order valence-corrected chi connectivity index (χ2v) is 15.5. The summed E-state index contributed by atoms with van der Waals surface area (Å²) in [5, 5.41) is 1.98. The van der Waals surface area contributed by atoms with E-state index in [1.807, 2.05) is 60.8 Å². The van der Waals surface area contributed by atoms with Crippen molar-refractivity contribution in [2.45, 2.75) is 26.2 Å². The van der Waals surface area contributed by atoms with Crippen molar-refractivity contribution in [3.05, 3.63) is 204 Å². The summed E-state index contributed by atoms with van der Waals surface area (Å²) in [5.41, 5.74) is 5.72. The molecule has 7 heteroatoms. The van der Waals surface area contributed by atoms with E-state index in [0.717, 1.165) is 33.2 Å². The summed E-state index contributed by atoms with van der Waals surface area (Å²) < 4.78 is 99.8. The molecule has 288 valence electrons. The molecule has 0 saturated heterocycles. The Morgan fingerprint density at radius 3 is 2.02 bits per heavy atom. The number of imidazole rings is 1. The Bertz CT molecular complexity index is 3960. The van der Waals surface area contributed by atoms with Crippen LogP contribution in [0.2, 0.25) is 0 Å². The Kier molecular flexibility index (Phi) is 5.99. The van der Waals surface area contributed by atoms with Gasteiger partial charge in [0.2, 0.25) is 0 Å². The predicted molar refractivity (Wildman–Crippen MR) is 241 cm³/mol. The Morgan fingerprint density at radius 1 is 0.633 bits per heavy atom. The first-order chi connectivity index (χ1) is 33.5. The fraction of sp³-hybridized carbons (Fsp3) is 0.0755. The van der Waals surface area contributed by atoms with Gasteiger partial charge in [0.05, 0.1) is 58.4 Å². The molecule has 7 aromatic carbocycles. The minimum atomic E-state index is -0.616. The molecule has 0 aliphatic carbocycles. The van der Waals surface area contributed by atoms with Crippen molar-refractivity contribution in [1.29, 1.82) is 0 Å². The van der Waals surface area contributed by atoms with Crippen LogP contribution in [-0.4, -0.2) is 18.7 Å². The Labute approximate surface area is 360 Å². The van der Waals surface area contributed by atoms with E-state index in [9.17, 15) is 4.79 Å². The summed E-state index contributed by atoms with van der Waals surface area (Å²) in [6.07, 6.45) is 5.22. The number of aromatic nitrogens is 5. The average molecular weight is 788 g/mol. The fourth-order valence-electron chi connectivity index (χ4n) is 8.12. The van der Waals surface area contributed by atoms with E-state index in [2.05, 4.69) is 43.8 Å². The number of benzene rings is 7. The highest BCUT2D eigenvalue weighted by Gasteiger charge is 2.22. The molecular weight excluding hydrogens is 739 g/mol. The zero-order valence-electron chi connectivity index (χ0n) is 42.6. The minimum Gasteiger partial charge on any atom is -0.407 e. The van der Waals surface area contributed by atoms with Crippen molar-refractivity contribution >= 4 is 43.9 Å². The summed E-state index contributed by atoms with van der Waals surface area (Å²) in [6, 6.07) is 29.7. The van der Waals surface area contributed by atoms with Gasteiger partial charge in [-0.3, -0.25) is 13.7 Å². The number of pyridine rings is 1. The summed E-state index contributed by atoms with van der Waals surface area (Å²) in [5.74, 6) is 0.114. The van der Waals surface area contributed by atoms with E-state index in [1.165, 1.54) is 4.57 Å². The smallest absolute Gasteiger partial charge is 0.407 e. The first kappa shape index (κ1) is 26.3. The molecule has 0 saturated carbocycles. The fourth-order valence-corrected chi connectivity index (χ4v) is 8.12. The molecule has 0 spiro atoms. The van der Waals surface area contributed by atoms with Crippen molar-refractivity contribution in [2.75, 3.05) is 0 Å². The van der Waals surface area contributed by atoms with Crippen LogP contribution in [0.1, 0.15) is 40.0 Å². The molecule has 11 aromatic rings. The molecular formula is C53H39N5O2. The van der Waals surface area contributed by atoms with E-state index < -0.39 is 66.2 Å². The third kappa shape index (κ3) is 5.69. The molecule has 0 aliphatic heterocycles. The maximum absolute atomic E-state index is 14.0. The highest BCUT2D eigenvalue weighted by molar-refractivity contribution is 6.09. The summed E-state index contributed by atoms with van der Waals surface area (Å²) in [4.78, 5) is 18.8. The van der Waals surface area contributed by atoms with Crippen LogP contribution in [0.15, 0.2) is 191 Å². The van der Waals surface area contributed by atoms with Gasteiger partial charge in [0.25, 0.3) is 6.33 Å². The number of nitrogens with zero attached hydrogens (tertiary/aromatic N) is 5. The van der Waals surface area contributed by atoms with E-state index in [4.69, 9.17) is 23.1 Å². The molecule has 4 aromatic heterocycles. The standard InChI is InChI=1S/C53H39N5O2/c1-53(2,3)37-29-30-54-50(31-37)58-44-22-11-10-19-42(44)43-27-25-39(33-47(43)58)57-48-32-38(26-28-49(48)60-52(57)59)55-34-56(46-24-13-12-23-45(46)55)51-40(35-15-6-4-7-16-35)20-14-21-41(51)36-17-8-5-9-18-36/h4-33H,1-3H3/i4D,5D,6D,7D,8D,9D,15D,16D,17D,18D. The number of rotatable bonds is 6. The second-order valence-electron chi connectivity index (χ2n) is 15.5. The lowest BCUT2D eigenvalue weighted by Gasteiger charge is -2.20. The molecule has 0 N–H and O–H groups in total. The largest absolute Gasteiger partial charge is 0.424 e. The van der Waals surface area contributed by atoms with Crippen molar-refractivity contribution in [3.63, 3.8) is 0 Å². The quantitative estimate of drug-likeness (QED) is 0.125. The highest BCUT2D eigenvalue weighted by atomic mass is 16.4. The van der Waals surface area contributed by atoms with Crippen LogP contribution >= 0.6 is 0 Å². The molecule has 0 aliphatic rings. The lowest BCUT2D eigenvalue weighted by atomic mass is 9.88. The van der Waals surface area contributed by atoms with Crippen molar-refractivity contribution in [3.8, 4) is 45.1 Å². The molecule has 0 radical (unpaired) electrons. The van der Waals surface area contributed by atoms with Crippen molar-refractivity contribution in [1.82, 2.24) is 18.7 Å². The van der Waals surface area contributed by atoms with E-state index in [-0.39, 0.29) is 33.4 Å². The number of hydrogen-bond acceptors (Lipinski definition) is 3. The molecule has 60 heavy (non-hydrogen) atoms. The molecule has 11 rings (SSSR count). The van der Waals surface area contributed by atoms with Gasteiger partial charge in [0.1, 0.15) is 5.82 Å². The summed E-state index contributed by atoms with van der Waals surface area (Å²) in [6.45, 7) is 6.46. The van der Waals surface area contributed by atoms with Crippen LogP contribution in [0.3, 0.4) is 0 Å².